The van der Waals surface area contributed by atoms with Crippen LogP contribution < -0.4 is 5.32 Å². The van der Waals surface area contributed by atoms with Gasteiger partial charge in [-0.25, -0.2) is 0 Å². The molecule has 0 aromatic heterocycles. The Balaban J connectivity index is 1.26. The monoisotopic (exact) mass is 556 g/mol. The maximum Gasteiger partial charge on any atom is 0.303 e. The van der Waals surface area contributed by atoms with Crippen molar-refractivity contribution in [2.24, 2.45) is 0 Å². The van der Waals surface area contributed by atoms with Gasteiger partial charge in [0.25, 0.3) is 0 Å². The normalized spacial score (nSPS) is 12.6. The van der Waals surface area contributed by atoms with Gasteiger partial charge in [-0.1, -0.05) is 103 Å². The van der Waals surface area contributed by atoms with Crippen LogP contribution in [0.5, 0.6) is 0 Å². The lowest BCUT2D eigenvalue weighted by Crippen LogP contribution is -2.46. The van der Waals surface area contributed by atoms with Crippen LogP contribution in [-0.4, -0.2) is 52.3 Å². The highest BCUT2D eigenvalue weighted by Crippen LogP contribution is 2.28. The highest BCUT2D eigenvalue weighted by atomic mass is 32.2. The molecule has 0 aliphatic carbocycles. The zero-order valence-corrected chi connectivity index (χ0v) is 24.5. The van der Waals surface area contributed by atoms with Crippen molar-refractivity contribution < 1.29 is 15.0 Å². The number of nitrogens with zero attached hydrogens (tertiary/aromatic N) is 1. The second-order valence-corrected chi connectivity index (χ2v) is 12.3. The van der Waals surface area contributed by atoms with E-state index in [4.69, 9.17) is 5.11 Å². The minimum atomic E-state index is -0.777. The predicted molar refractivity (Wildman–Crippen MR) is 168 cm³/mol. The number of aryl methyl sites for hydroxylation is 1. The Labute approximate surface area is 242 Å². The molecule has 0 heterocycles. The van der Waals surface area contributed by atoms with Crippen molar-refractivity contribution in [1.29, 1.82) is 0 Å². The van der Waals surface area contributed by atoms with E-state index in [-0.39, 0.29) is 12.0 Å². The van der Waals surface area contributed by atoms with Crippen molar-refractivity contribution in [3.05, 3.63) is 108 Å². The fraction of sp³-hybridized carbons (Fsp3) is 0.324. The van der Waals surface area contributed by atoms with Gasteiger partial charge in [0, 0.05) is 30.8 Å². The molecule has 5 nitrogen and oxygen atoms in total. The predicted octanol–water partition coefficient (Wildman–Crippen LogP) is 6.58. The third-order valence-corrected chi connectivity index (χ3v) is 8.12. The molecule has 0 aliphatic rings. The molecule has 0 fully saturated rings. The highest BCUT2D eigenvalue weighted by molar-refractivity contribution is 7.96. The van der Waals surface area contributed by atoms with Gasteiger partial charge in [-0.05, 0) is 72.3 Å². The van der Waals surface area contributed by atoms with E-state index < -0.39 is 12.1 Å². The molecular weight excluding hydrogens is 516 g/mol. The summed E-state index contributed by atoms with van der Waals surface area (Å²) in [5.41, 5.74) is 5.69. The molecule has 0 aliphatic heterocycles. The lowest BCUT2D eigenvalue weighted by molar-refractivity contribution is -0.136. The van der Waals surface area contributed by atoms with Crippen LogP contribution in [0.1, 0.15) is 37.0 Å². The summed E-state index contributed by atoms with van der Waals surface area (Å²) in [4.78, 5) is 10.9. The lowest BCUT2D eigenvalue weighted by atomic mass is 9.93. The van der Waals surface area contributed by atoms with E-state index in [0.717, 1.165) is 23.3 Å². The first-order valence-electron chi connectivity index (χ1n) is 13.8. The number of rotatable bonds is 14. The van der Waals surface area contributed by atoms with Crippen molar-refractivity contribution in [1.82, 2.24) is 9.62 Å². The van der Waals surface area contributed by atoms with E-state index in [9.17, 15) is 9.90 Å². The van der Waals surface area contributed by atoms with Crippen molar-refractivity contribution in [2.45, 2.75) is 50.5 Å². The molecule has 0 unspecified atom stereocenters. The van der Waals surface area contributed by atoms with E-state index in [1.807, 2.05) is 25.2 Å². The van der Waals surface area contributed by atoms with E-state index in [2.05, 4.69) is 96.3 Å². The van der Waals surface area contributed by atoms with Gasteiger partial charge in [-0.2, -0.15) is 0 Å². The summed E-state index contributed by atoms with van der Waals surface area (Å²) in [7, 11) is 2.02. The summed E-state index contributed by atoms with van der Waals surface area (Å²) in [5, 5.41) is 25.8. The van der Waals surface area contributed by atoms with Crippen LogP contribution in [0.4, 0.5) is 0 Å². The molecule has 4 rings (SSSR count). The quantitative estimate of drug-likeness (QED) is 0.153. The average Bonchev–Trinajstić information content (AvgIpc) is 2.94. The Kier molecular flexibility index (Phi) is 10.4. The number of hydrogen-bond acceptors (Lipinski definition) is 5. The van der Waals surface area contributed by atoms with Crippen LogP contribution in [0, 0.1) is 0 Å². The number of carboxylic acids is 1. The number of aliphatic hydroxyl groups is 1. The van der Waals surface area contributed by atoms with Gasteiger partial charge in [-0.3, -0.25) is 9.10 Å². The second-order valence-electron chi connectivity index (χ2n) is 11.1. The summed E-state index contributed by atoms with van der Waals surface area (Å²) >= 11 is 1.70. The number of aliphatic hydroxyl groups excluding tert-OH is 1. The molecule has 0 saturated carbocycles. The van der Waals surface area contributed by atoms with E-state index in [1.54, 1.807) is 11.9 Å². The van der Waals surface area contributed by atoms with E-state index >= 15 is 0 Å². The highest BCUT2D eigenvalue weighted by Gasteiger charge is 2.20. The number of nitrogens with one attached hydrogen (secondary N) is 1. The third-order valence-electron chi connectivity index (χ3n) is 7.09. The maximum absolute atomic E-state index is 10.9. The third kappa shape index (κ3) is 8.93. The average molecular weight is 557 g/mol. The minimum absolute atomic E-state index is 0.141. The Morgan fingerprint density at radius 2 is 1.60 bits per heavy atom. The molecular formula is C34H40N2O3S. The Morgan fingerprint density at radius 3 is 2.35 bits per heavy atom. The molecule has 6 heteroatoms. The Bertz CT molecular complexity index is 1400. The smallest absolute Gasteiger partial charge is 0.303 e. The molecule has 4 aromatic carbocycles. The largest absolute Gasteiger partial charge is 0.481 e. The fourth-order valence-electron chi connectivity index (χ4n) is 4.94. The number of fused-ring (bicyclic) bond motifs is 1. The summed E-state index contributed by atoms with van der Waals surface area (Å²) in [6, 6.07) is 31.6. The van der Waals surface area contributed by atoms with Gasteiger partial charge in [0.05, 0.1) is 6.10 Å². The number of hydrogen-bond donors (Lipinski definition) is 3. The van der Waals surface area contributed by atoms with Gasteiger partial charge in [0.1, 0.15) is 0 Å². The van der Waals surface area contributed by atoms with Crippen LogP contribution >= 0.6 is 11.9 Å². The van der Waals surface area contributed by atoms with Crippen LogP contribution in [0.3, 0.4) is 0 Å². The van der Waals surface area contributed by atoms with Crippen molar-refractivity contribution in [3.63, 3.8) is 0 Å². The first-order chi connectivity index (χ1) is 19.2. The van der Waals surface area contributed by atoms with Gasteiger partial charge < -0.3 is 15.5 Å². The van der Waals surface area contributed by atoms with E-state index in [1.165, 1.54) is 27.5 Å². The molecule has 0 saturated heterocycles. The molecule has 4 aromatic rings. The molecule has 3 N–H and O–H groups in total. The second kappa shape index (κ2) is 14.0. The molecule has 0 bridgehead atoms. The fourth-order valence-corrected chi connectivity index (χ4v) is 5.83. The summed E-state index contributed by atoms with van der Waals surface area (Å²) in [5.74, 6) is 0.0160. The number of β-amino-alcohol motifs (C(OH)–C–C–N with tert-alkyl or cyclic N) is 1. The molecule has 40 heavy (non-hydrogen) atoms. The van der Waals surface area contributed by atoms with Crippen LogP contribution in [-0.2, 0) is 23.4 Å². The maximum atomic E-state index is 10.9. The van der Waals surface area contributed by atoms with Crippen LogP contribution in [0.25, 0.3) is 21.9 Å². The van der Waals surface area contributed by atoms with E-state index in [0.29, 0.717) is 19.5 Å². The molecule has 210 valence electrons. The van der Waals surface area contributed by atoms with Gasteiger partial charge in [0.2, 0.25) is 0 Å². The van der Waals surface area contributed by atoms with Crippen LogP contribution in [0.15, 0.2) is 91.0 Å². The SMILES string of the molecule is CN(C[C@H](O)CNC(C)(C)Cc1ccc2ccccc2c1)SCc1ccccc1-c1ccc(CCC(=O)O)cc1. The van der Waals surface area contributed by atoms with Gasteiger partial charge in [0.15, 0.2) is 0 Å². The number of aliphatic carboxylic acids is 1. The molecule has 0 radical (unpaired) electrons. The molecule has 0 amide bonds. The Hall–Kier alpha value is -3.16. The summed E-state index contributed by atoms with van der Waals surface area (Å²) in [6.07, 6.45) is 1.08. The number of benzene rings is 4. The van der Waals surface area contributed by atoms with Gasteiger partial charge >= 0.3 is 5.97 Å². The summed E-state index contributed by atoms with van der Waals surface area (Å²) in [6.45, 7) is 5.45. The van der Waals surface area contributed by atoms with Crippen LogP contribution in [0.2, 0.25) is 0 Å². The van der Waals surface area contributed by atoms with Crippen molar-refractivity contribution in [2.75, 3.05) is 20.1 Å². The zero-order chi connectivity index (χ0) is 28.5. The van der Waals surface area contributed by atoms with Crippen molar-refractivity contribution >= 4 is 28.7 Å². The topological polar surface area (TPSA) is 72.8 Å². The number of carbonyl (C=O) groups is 1. The minimum Gasteiger partial charge on any atom is -0.481 e. The molecule has 1 atom stereocenters. The first-order valence-corrected chi connectivity index (χ1v) is 14.8. The standard InChI is InChI=1S/C34H40N2O3S/c1-34(2,21-26-14-16-27-8-4-5-9-29(27)20-26)35-22-31(37)23-36(3)40-24-30-10-6-7-11-32(30)28-17-12-25(13-18-28)15-19-33(38)39/h4-14,16-18,20,31,35,37H,15,19,21-24H2,1-3H3,(H,38,39)/t31-/m1/s1. The lowest BCUT2D eigenvalue weighted by Gasteiger charge is -2.29. The zero-order valence-electron chi connectivity index (χ0n) is 23.6. The number of carboxylic acid groups (broad SMARTS) is 1. The Morgan fingerprint density at radius 1 is 0.925 bits per heavy atom. The molecule has 0 spiro atoms. The first kappa shape index (κ1) is 29.8. The van der Waals surface area contributed by atoms with Crippen molar-refractivity contribution in [3.8, 4) is 11.1 Å². The summed E-state index contributed by atoms with van der Waals surface area (Å²) < 4.78 is 2.11. The van der Waals surface area contributed by atoms with Gasteiger partial charge in [-0.15, -0.1) is 0 Å². The number of likely N-dealkylation sites (N-methyl/N-ethyl adjacent to an activating group) is 1.